The lowest BCUT2D eigenvalue weighted by molar-refractivity contribution is -0.0322. The maximum absolute atomic E-state index is 13.2. The van der Waals surface area contributed by atoms with Gasteiger partial charge in [0.05, 0.1) is 18.3 Å². The molecule has 7 heteroatoms. The Hall–Kier alpha value is -3.19. The van der Waals surface area contributed by atoms with Gasteiger partial charge in [-0.1, -0.05) is 0 Å². The van der Waals surface area contributed by atoms with Crippen LogP contribution in [0.2, 0.25) is 0 Å². The molecular formula is C21H20O7. The van der Waals surface area contributed by atoms with Gasteiger partial charge in [-0.05, 0) is 26.0 Å². The molecule has 7 nitrogen and oxygen atoms in total. The molecule has 0 radical (unpaired) electrons. The van der Waals surface area contributed by atoms with E-state index in [4.69, 9.17) is 13.9 Å². The average molecular weight is 384 g/mol. The summed E-state index contributed by atoms with van der Waals surface area (Å²) in [5, 5.41) is 30.8. The number of methoxy groups -OCH3 is 1. The molecule has 2 aromatic carbocycles. The zero-order valence-corrected chi connectivity index (χ0v) is 15.6. The van der Waals surface area contributed by atoms with Crippen molar-refractivity contribution in [2.45, 2.75) is 32.0 Å². The predicted octanol–water partition coefficient (Wildman–Crippen LogP) is 2.95. The Morgan fingerprint density at radius 1 is 1.18 bits per heavy atom. The van der Waals surface area contributed by atoms with Gasteiger partial charge in [0.25, 0.3) is 0 Å². The second kappa shape index (κ2) is 6.17. The molecule has 0 fully saturated rings. The largest absolute Gasteiger partial charge is 0.508 e. The van der Waals surface area contributed by atoms with Gasteiger partial charge in [0.15, 0.2) is 5.43 Å². The van der Waals surface area contributed by atoms with Gasteiger partial charge in [0.1, 0.15) is 45.8 Å². The molecule has 1 aliphatic rings. The van der Waals surface area contributed by atoms with Crippen molar-refractivity contribution in [2.75, 3.05) is 7.11 Å². The van der Waals surface area contributed by atoms with Gasteiger partial charge < -0.3 is 29.2 Å². The normalized spacial score (nSPS) is 16.1. The van der Waals surface area contributed by atoms with E-state index in [1.54, 1.807) is 19.9 Å². The number of phenolic OH excluding ortho intramolecular Hbond substituents is 2. The number of hydrogen-bond donors (Lipinski definition) is 3. The molecule has 3 aromatic rings. The van der Waals surface area contributed by atoms with Crippen LogP contribution in [-0.4, -0.2) is 34.1 Å². The molecule has 0 bridgehead atoms. The van der Waals surface area contributed by atoms with Crippen molar-refractivity contribution in [2.24, 2.45) is 0 Å². The van der Waals surface area contributed by atoms with E-state index >= 15 is 0 Å². The van der Waals surface area contributed by atoms with Crippen molar-refractivity contribution in [1.29, 1.82) is 0 Å². The highest BCUT2D eigenvalue weighted by atomic mass is 16.5. The van der Waals surface area contributed by atoms with E-state index in [-0.39, 0.29) is 40.2 Å². The molecule has 0 saturated carbocycles. The molecule has 0 unspecified atom stereocenters. The van der Waals surface area contributed by atoms with Crippen LogP contribution in [0.3, 0.4) is 0 Å². The SMILES string of the molecule is COc1cc(O)c2c(=O)c3c(oc2c1)-c1ccc(O)cc1O[C@@H](C(C)(C)O)C3. The van der Waals surface area contributed by atoms with Crippen molar-refractivity contribution in [1.82, 2.24) is 0 Å². The number of phenols is 2. The van der Waals surface area contributed by atoms with E-state index in [0.717, 1.165) is 0 Å². The number of fused-ring (bicyclic) bond motifs is 4. The fraction of sp³-hybridized carbons (Fsp3) is 0.286. The lowest BCUT2D eigenvalue weighted by Gasteiger charge is -2.28. The van der Waals surface area contributed by atoms with E-state index in [0.29, 0.717) is 17.1 Å². The number of ether oxygens (including phenoxy) is 2. The Kier molecular flexibility index (Phi) is 4.01. The molecular weight excluding hydrogens is 364 g/mol. The number of aromatic hydroxyl groups is 2. The molecule has 0 amide bonds. The smallest absolute Gasteiger partial charge is 0.200 e. The summed E-state index contributed by atoms with van der Waals surface area (Å²) in [6, 6.07) is 7.33. The molecule has 1 atom stereocenters. The first-order chi connectivity index (χ1) is 13.2. The van der Waals surface area contributed by atoms with Gasteiger partial charge in [-0.2, -0.15) is 0 Å². The minimum Gasteiger partial charge on any atom is -0.508 e. The van der Waals surface area contributed by atoms with Crippen LogP contribution in [0.25, 0.3) is 22.3 Å². The summed E-state index contributed by atoms with van der Waals surface area (Å²) in [5.74, 6) is 0.645. The Morgan fingerprint density at radius 2 is 1.93 bits per heavy atom. The summed E-state index contributed by atoms with van der Waals surface area (Å²) < 4.78 is 17.1. The number of benzene rings is 2. The van der Waals surface area contributed by atoms with Crippen LogP contribution < -0.4 is 14.9 Å². The van der Waals surface area contributed by atoms with E-state index in [2.05, 4.69) is 0 Å². The maximum Gasteiger partial charge on any atom is 0.200 e. The highest BCUT2D eigenvalue weighted by Crippen LogP contribution is 2.41. The molecule has 2 heterocycles. The third kappa shape index (κ3) is 2.84. The fourth-order valence-corrected chi connectivity index (χ4v) is 3.40. The van der Waals surface area contributed by atoms with Gasteiger partial charge in [0, 0.05) is 30.2 Å². The van der Waals surface area contributed by atoms with Gasteiger partial charge >= 0.3 is 0 Å². The first-order valence-electron chi connectivity index (χ1n) is 8.78. The molecule has 1 aromatic heterocycles. The topological polar surface area (TPSA) is 109 Å². The number of hydrogen-bond acceptors (Lipinski definition) is 7. The molecule has 1 aliphatic heterocycles. The van der Waals surface area contributed by atoms with Crippen LogP contribution in [0.4, 0.5) is 0 Å². The molecule has 0 aliphatic carbocycles. The lowest BCUT2D eigenvalue weighted by Crippen LogP contribution is -2.42. The maximum atomic E-state index is 13.2. The molecule has 0 spiro atoms. The summed E-state index contributed by atoms with van der Waals surface area (Å²) in [4.78, 5) is 13.2. The minimum absolute atomic E-state index is 0.0147. The summed E-state index contributed by atoms with van der Waals surface area (Å²) in [5.41, 5.74) is -0.754. The van der Waals surface area contributed by atoms with Crippen molar-refractivity contribution in [3.63, 3.8) is 0 Å². The average Bonchev–Trinajstić information content (AvgIpc) is 2.77. The highest BCUT2D eigenvalue weighted by Gasteiger charge is 2.36. The zero-order chi connectivity index (χ0) is 20.2. The van der Waals surface area contributed by atoms with Crippen LogP contribution in [0.1, 0.15) is 19.4 Å². The predicted molar refractivity (Wildman–Crippen MR) is 102 cm³/mol. The van der Waals surface area contributed by atoms with Gasteiger partial charge in [-0.15, -0.1) is 0 Å². The van der Waals surface area contributed by atoms with Gasteiger partial charge in [-0.3, -0.25) is 4.79 Å². The van der Waals surface area contributed by atoms with E-state index in [9.17, 15) is 20.1 Å². The lowest BCUT2D eigenvalue weighted by atomic mass is 9.93. The minimum atomic E-state index is -1.27. The molecule has 4 rings (SSSR count). The molecule has 28 heavy (non-hydrogen) atoms. The second-order valence-corrected chi connectivity index (χ2v) is 7.40. The van der Waals surface area contributed by atoms with Gasteiger partial charge in [0.2, 0.25) is 0 Å². The monoisotopic (exact) mass is 384 g/mol. The summed E-state index contributed by atoms with van der Waals surface area (Å²) in [6.45, 7) is 3.16. The summed E-state index contributed by atoms with van der Waals surface area (Å²) in [7, 11) is 1.45. The third-order valence-corrected chi connectivity index (χ3v) is 4.93. The van der Waals surface area contributed by atoms with Crippen LogP contribution in [0, 0.1) is 0 Å². The van der Waals surface area contributed by atoms with Crippen LogP contribution in [-0.2, 0) is 6.42 Å². The Morgan fingerprint density at radius 3 is 2.61 bits per heavy atom. The number of aliphatic hydroxyl groups is 1. The van der Waals surface area contributed by atoms with Gasteiger partial charge in [-0.25, -0.2) is 0 Å². The Labute approximate surface area is 160 Å². The van der Waals surface area contributed by atoms with Crippen molar-refractivity contribution >= 4 is 11.0 Å². The molecule has 3 N–H and O–H groups in total. The zero-order valence-electron chi connectivity index (χ0n) is 15.6. The van der Waals surface area contributed by atoms with Crippen LogP contribution >= 0.6 is 0 Å². The first kappa shape index (κ1) is 18.2. The van der Waals surface area contributed by atoms with Crippen LogP contribution in [0.15, 0.2) is 39.5 Å². The molecule has 0 saturated heterocycles. The Balaban J connectivity index is 2.09. The van der Waals surface area contributed by atoms with Crippen molar-refractivity contribution in [3.8, 4) is 34.3 Å². The number of rotatable bonds is 2. The van der Waals surface area contributed by atoms with E-state index in [1.807, 2.05) is 0 Å². The standard InChI is InChI=1S/C21H20O7/c1-21(2,25)17-9-13-19(24)18-14(23)7-11(26-3)8-16(18)28-20(13)12-5-4-10(22)6-15(12)27-17/h4-8,17,22-23,25H,9H2,1-3H3/t17-/m1/s1. The second-order valence-electron chi connectivity index (χ2n) is 7.40. The first-order valence-corrected chi connectivity index (χ1v) is 8.78. The summed E-state index contributed by atoms with van der Waals surface area (Å²) in [6.07, 6.45) is -0.701. The fourth-order valence-electron chi connectivity index (χ4n) is 3.40. The Bertz CT molecular complexity index is 1140. The highest BCUT2D eigenvalue weighted by molar-refractivity contribution is 5.88. The van der Waals surface area contributed by atoms with E-state index in [1.165, 1.54) is 31.4 Å². The van der Waals surface area contributed by atoms with E-state index < -0.39 is 17.1 Å². The third-order valence-electron chi connectivity index (χ3n) is 4.93. The van der Waals surface area contributed by atoms with Crippen molar-refractivity contribution < 1.29 is 29.2 Å². The van der Waals surface area contributed by atoms with Crippen molar-refractivity contribution in [3.05, 3.63) is 46.1 Å². The quantitative estimate of drug-likeness (QED) is 0.623. The molecule has 146 valence electrons. The van der Waals surface area contributed by atoms with Crippen LogP contribution in [0.5, 0.6) is 23.0 Å². The summed E-state index contributed by atoms with van der Waals surface area (Å²) >= 11 is 0.